The van der Waals surface area contributed by atoms with Crippen molar-refractivity contribution in [2.45, 2.75) is 0 Å². The molecule has 0 radical (unpaired) electrons. The van der Waals surface area contributed by atoms with Crippen molar-refractivity contribution in [1.29, 1.82) is 0 Å². The molecule has 16 heavy (non-hydrogen) atoms. The van der Waals surface area contributed by atoms with Gasteiger partial charge in [-0.3, -0.25) is 0 Å². The summed E-state index contributed by atoms with van der Waals surface area (Å²) < 4.78 is 18.5. The quantitative estimate of drug-likeness (QED) is 0.842. The van der Waals surface area contributed by atoms with Gasteiger partial charge in [-0.1, -0.05) is 18.2 Å². The van der Waals surface area contributed by atoms with E-state index < -0.39 is 0 Å². The van der Waals surface area contributed by atoms with Crippen LogP contribution in [0.2, 0.25) is 0 Å². The second-order valence-electron chi connectivity index (χ2n) is 3.29. The molecule has 2 aromatic rings. The van der Waals surface area contributed by atoms with Gasteiger partial charge >= 0.3 is 0 Å². The Balaban J connectivity index is 2.53. The largest absolute Gasteiger partial charge is 0.481 e. The highest BCUT2D eigenvalue weighted by molar-refractivity contribution is 5.76. The molecule has 0 fully saturated rings. The van der Waals surface area contributed by atoms with Gasteiger partial charge in [-0.2, -0.15) is 0 Å². The van der Waals surface area contributed by atoms with E-state index in [4.69, 9.17) is 10.5 Å². The van der Waals surface area contributed by atoms with E-state index in [9.17, 15) is 4.39 Å². The average molecular weight is 218 g/mol. The standard InChI is InChI=1S/C12H11FN2O/c1-16-12-6-11(14)9(7-15-12)8-4-2-3-5-10(8)13/h2-7H,1H3,(H2,14,15). The third-order valence-electron chi connectivity index (χ3n) is 2.28. The maximum Gasteiger partial charge on any atom is 0.215 e. The molecule has 0 aliphatic rings. The Morgan fingerprint density at radius 3 is 2.62 bits per heavy atom. The molecule has 2 N–H and O–H groups in total. The molecule has 0 amide bonds. The zero-order valence-corrected chi connectivity index (χ0v) is 8.77. The molecule has 0 spiro atoms. The van der Waals surface area contributed by atoms with Crippen molar-refractivity contribution >= 4 is 5.69 Å². The van der Waals surface area contributed by atoms with E-state index in [1.807, 2.05) is 0 Å². The van der Waals surface area contributed by atoms with Gasteiger partial charge in [-0.25, -0.2) is 9.37 Å². The number of ether oxygens (including phenoxy) is 1. The van der Waals surface area contributed by atoms with Gasteiger partial charge < -0.3 is 10.5 Å². The van der Waals surface area contributed by atoms with Crippen LogP contribution in [0.3, 0.4) is 0 Å². The number of rotatable bonds is 2. The van der Waals surface area contributed by atoms with Crippen molar-refractivity contribution in [2.75, 3.05) is 12.8 Å². The molecule has 0 atom stereocenters. The highest BCUT2D eigenvalue weighted by Gasteiger charge is 2.08. The normalized spacial score (nSPS) is 10.1. The summed E-state index contributed by atoms with van der Waals surface area (Å²) in [6, 6.07) is 8.00. The van der Waals surface area contributed by atoms with E-state index in [0.717, 1.165) is 0 Å². The minimum absolute atomic E-state index is 0.318. The number of nitrogens with two attached hydrogens (primary N) is 1. The Morgan fingerprint density at radius 2 is 2.00 bits per heavy atom. The fraction of sp³-hybridized carbons (Fsp3) is 0.0833. The topological polar surface area (TPSA) is 48.1 Å². The van der Waals surface area contributed by atoms with Crippen LogP contribution in [0.4, 0.5) is 10.1 Å². The van der Waals surface area contributed by atoms with Crippen LogP contribution in [-0.2, 0) is 0 Å². The predicted molar refractivity (Wildman–Crippen MR) is 60.6 cm³/mol. The first-order chi connectivity index (χ1) is 7.72. The molecule has 1 aromatic heterocycles. The van der Waals surface area contributed by atoms with E-state index in [1.54, 1.807) is 24.3 Å². The number of anilines is 1. The number of benzene rings is 1. The first kappa shape index (κ1) is 10.4. The summed E-state index contributed by atoms with van der Waals surface area (Å²) in [7, 11) is 1.50. The SMILES string of the molecule is COc1cc(N)c(-c2ccccc2F)cn1. The highest BCUT2D eigenvalue weighted by Crippen LogP contribution is 2.29. The lowest BCUT2D eigenvalue weighted by atomic mass is 10.1. The van der Waals surface area contributed by atoms with Crippen LogP contribution in [0, 0.1) is 5.82 Å². The summed E-state index contributed by atoms with van der Waals surface area (Å²) in [6.07, 6.45) is 1.51. The maximum absolute atomic E-state index is 13.5. The van der Waals surface area contributed by atoms with Crippen molar-refractivity contribution in [3.8, 4) is 17.0 Å². The van der Waals surface area contributed by atoms with Gasteiger partial charge in [0.15, 0.2) is 0 Å². The monoisotopic (exact) mass is 218 g/mol. The summed E-state index contributed by atoms with van der Waals surface area (Å²) in [4.78, 5) is 4.01. The second kappa shape index (κ2) is 4.18. The lowest BCUT2D eigenvalue weighted by Crippen LogP contribution is -1.95. The number of aromatic nitrogens is 1. The van der Waals surface area contributed by atoms with Crippen molar-refractivity contribution in [3.63, 3.8) is 0 Å². The summed E-state index contributed by atoms with van der Waals surface area (Å²) in [5, 5.41) is 0. The van der Waals surface area contributed by atoms with E-state index in [0.29, 0.717) is 22.7 Å². The molecular weight excluding hydrogens is 207 g/mol. The smallest absolute Gasteiger partial charge is 0.215 e. The maximum atomic E-state index is 13.5. The van der Waals surface area contributed by atoms with Gasteiger partial charge in [0, 0.05) is 29.1 Å². The summed E-state index contributed by atoms with van der Waals surface area (Å²) in [5.41, 5.74) is 7.26. The third-order valence-corrected chi connectivity index (χ3v) is 2.28. The highest BCUT2D eigenvalue weighted by atomic mass is 19.1. The van der Waals surface area contributed by atoms with Gasteiger partial charge in [0.1, 0.15) is 5.82 Å². The average Bonchev–Trinajstić information content (AvgIpc) is 2.30. The molecule has 0 bridgehead atoms. The van der Waals surface area contributed by atoms with Crippen LogP contribution in [0.25, 0.3) is 11.1 Å². The first-order valence-electron chi connectivity index (χ1n) is 4.77. The molecule has 0 aliphatic carbocycles. The number of nitrogens with zero attached hydrogens (tertiary/aromatic N) is 1. The lowest BCUT2D eigenvalue weighted by Gasteiger charge is -2.07. The van der Waals surface area contributed by atoms with E-state index in [1.165, 1.54) is 19.4 Å². The number of hydrogen-bond donors (Lipinski definition) is 1. The fourth-order valence-corrected chi connectivity index (χ4v) is 1.47. The molecule has 3 nitrogen and oxygen atoms in total. The Labute approximate surface area is 92.7 Å². The Hall–Kier alpha value is -2.10. The minimum atomic E-state index is -0.318. The van der Waals surface area contributed by atoms with Crippen LogP contribution in [0.15, 0.2) is 36.5 Å². The lowest BCUT2D eigenvalue weighted by molar-refractivity contribution is 0.398. The summed E-state index contributed by atoms with van der Waals surface area (Å²) in [6.45, 7) is 0. The zero-order chi connectivity index (χ0) is 11.5. The van der Waals surface area contributed by atoms with Crippen molar-refractivity contribution in [1.82, 2.24) is 4.98 Å². The zero-order valence-electron chi connectivity index (χ0n) is 8.77. The van der Waals surface area contributed by atoms with E-state index in [-0.39, 0.29) is 5.82 Å². The van der Waals surface area contributed by atoms with Gasteiger partial charge in [-0.05, 0) is 6.07 Å². The first-order valence-corrected chi connectivity index (χ1v) is 4.77. The van der Waals surface area contributed by atoms with Crippen LogP contribution >= 0.6 is 0 Å². The molecule has 82 valence electrons. The molecular formula is C12H11FN2O. The number of nitrogen functional groups attached to an aromatic ring is 1. The molecule has 4 heteroatoms. The predicted octanol–water partition coefficient (Wildman–Crippen LogP) is 2.48. The molecule has 0 aliphatic heterocycles. The molecule has 0 unspecified atom stereocenters. The number of pyridine rings is 1. The van der Waals surface area contributed by atoms with Crippen LogP contribution in [0.1, 0.15) is 0 Å². The van der Waals surface area contributed by atoms with E-state index >= 15 is 0 Å². The van der Waals surface area contributed by atoms with Crippen LogP contribution in [-0.4, -0.2) is 12.1 Å². The van der Waals surface area contributed by atoms with Crippen molar-refractivity contribution in [3.05, 3.63) is 42.3 Å². The number of methoxy groups -OCH3 is 1. The Morgan fingerprint density at radius 1 is 1.25 bits per heavy atom. The molecule has 0 saturated heterocycles. The van der Waals surface area contributed by atoms with Crippen LogP contribution < -0.4 is 10.5 Å². The Kier molecular flexibility index (Phi) is 2.72. The summed E-state index contributed by atoms with van der Waals surface area (Å²) in [5.74, 6) is 0.0961. The number of hydrogen-bond acceptors (Lipinski definition) is 3. The number of halogens is 1. The van der Waals surface area contributed by atoms with Crippen LogP contribution in [0.5, 0.6) is 5.88 Å². The van der Waals surface area contributed by atoms with Crippen molar-refractivity contribution in [2.24, 2.45) is 0 Å². The van der Waals surface area contributed by atoms with Gasteiger partial charge in [-0.15, -0.1) is 0 Å². The second-order valence-corrected chi connectivity index (χ2v) is 3.29. The Bertz CT molecular complexity index is 514. The van der Waals surface area contributed by atoms with Crippen molar-refractivity contribution < 1.29 is 9.13 Å². The molecule has 1 heterocycles. The minimum Gasteiger partial charge on any atom is -0.481 e. The molecule has 0 saturated carbocycles. The molecule has 1 aromatic carbocycles. The van der Waals surface area contributed by atoms with Gasteiger partial charge in [0.2, 0.25) is 5.88 Å². The van der Waals surface area contributed by atoms with Gasteiger partial charge in [0.25, 0.3) is 0 Å². The fourth-order valence-electron chi connectivity index (χ4n) is 1.47. The van der Waals surface area contributed by atoms with Gasteiger partial charge in [0.05, 0.1) is 7.11 Å². The molecule has 2 rings (SSSR count). The third kappa shape index (κ3) is 1.82. The van der Waals surface area contributed by atoms with E-state index in [2.05, 4.69) is 4.98 Å². The summed E-state index contributed by atoms with van der Waals surface area (Å²) >= 11 is 0.